The topological polar surface area (TPSA) is 119 Å². The average Bonchev–Trinajstić information content (AvgIpc) is 2.86. The maximum atomic E-state index is 13.2. The van der Waals surface area contributed by atoms with E-state index < -0.39 is 10.0 Å². The number of fused-ring (bicyclic) bond motifs is 1. The lowest BCUT2D eigenvalue weighted by Crippen LogP contribution is -2.38. The Morgan fingerprint density at radius 1 is 1.17 bits per heavy atom. The lowest BCUT2D eigenvalue weighted by Gasteiger charge is -2.32. The SMILES string of the molecule is CCC1=C(C(=O)N2CCc3c(CNC(=O)Cc4ccc(S(N)(=O)=O)cc4)cccc3C2)SCCO1. The Kier molecular flexibility index (Phi) is 7.83. The highest BCUT2D eigenvalue weighted by Gasteiger charge is 2.28. The second kappa shape index (κ2) is 10.8. The van der Waals surface area contributed by atoms with Crippen LogP contribution in [0.2, 0.25) is 0 Å². The Bertz CT molecular complexity index is 1260. The zero-order valence-corrected chi connectivity index (χ0v) is 21.2. The minimum Gasteiger partial charge on any atom is -0.496 e. The number of benzene rings is 2. The molecule has 2 heterocycles. The molecule has 0 aliphatic carbocycles. The fraction of sp³-hybridized carbons (Fsp3) is 0.360. The first-order valence-corrected chi connectivity index (χ1v) is 14.1. The summed E-state index contributed by atoms with van der Waals surface area (Å²) >= 11 is 1.58. The van der Waals surface area contributed by atoms with Gasteiger partial charge < -0.3 is 15.0 Å². The molecule has 186 valence electrons. The number of primary sulfonamides is 1. The highest BCUT2D eigenvalue weighted by Crippen LogP contribution is 2.31. The molecule has 0 aromatic heterocycles. The van der Waals surface area contributed by atoms with Gasteiger partial charge in [0.25, 0.3) is 5.91 Å². The van der Waals surface area contributed by atoms with Crippen molar-refractivity contribution in [1.82, 2.24) is 10.2 Å². The van der Waals surface area contributed by atoms with Crippen molar-refractivity contribution in [2.75, 3.05) is 18.9 Å². The van der Waals surface area contributed by atoms with E-state index in [0.29, 0.717) is 38.2 Å². The number of hydrogen-bond donors (Lipinski definition) is 2. The van der Waals surface area contributed by atoms with E-state index in [4.69, 9.17) is 9.88 Å². The molecule has 2 aromatic carbocycles. The minimum absolute atomic E-state index is 0.0157. The number of thioether (sulfide) groups is 1. The number of nitrogens with two attached hydrogens (primary N) is 1. The molecule has 2 aliphatic heterocycles. The molecule has 2 amide bonds. The molecule has 0 spiro atoms. The minimum atomic E-state index is -3.76. The largest absolute Gasteiger partial charge is 0.496 e. The van der Waals surface area contributed by atoms with Gasteiger partial charge in [-0.05, 0) is 40.8 Å². The summed E-state index contributed by atoms with van der Waals surface area (Å²) < 4.78 is 28.5. The van der Waals surface area contributed by atoms with Crippen molar-refractivity contribution in [1.29, 1.82) is 0 Å². The van der Waals surface area contributed by atoms with Gasteiger partial charge in [0.1, 0.15) is 10.7 Å². The van der Waals surface area contributed by atoms with E-state index in [9.17, 15) is 18.0 Å². The summed E-state index contributed by atoms with van der Waals surface area (Å²) in [5, 5.41) is 8.07. The number of hydrogen-bond acceptors (Lipinski definition) is 6. The van der Waals surface area contributed by atoms with E-state index in [-0.39, 0.29) is 23.1 Å². The summed E-state index contributed by atoms with van der Waals surface area (Å²) in [7, 11) is -3.76. The Morgan fingerprint density at radius 3 is 2.66 bits per heavy atom. The highest BCUT2D eigenvalue weighted by atomic mass is 32.2. The Morgan fingerprint density at radius 2 is 1.94 bits per heavy atom. The van der Waals surface area contributed by atoms with Gasteiger partial charge in [-0.15, -0.1) is 11.8 Å². The molecule has 0 atom stereocenters. The molecule has 0 fully saturated rings. The molecule has 2 aromatic rings. The van der Waals surface area contributed by atoms with Crippen molar-refractivity contribution in [2.24, 2.45) is 5.14 Å². The molecule has 0 bridgehead atoms. The third kappa shape index (κ3) is 6.06. The van der Waals surface area contributed by atoms with Gasteiger partial charge in [-0.2, -0.15) is 0 Å². The molecular formula is C25H29N3O5S2. The van der Waals surface area contributed by atoms with E-state index in [1.54, 1.807) is 23.9 Å². The quantitative estimate of drug-likeness (QED) is 0.585. The van der Waals surface area contributed by atoms with Gasteiger partial charge in [0.05, 0.1) is 17.9 Å². The van der Waals surface area contributed by atoms with Crippen LogP contribution in [-0.4, -0.2) is 44.0 Å². The fourth-order valence-corrected chi connectivity index (χ4v) is 5.81. The maximum Gasteiger partial charge on any atom is 0.264 e. The summed E-state index contributed by atoms with van der Waals surface area (Å²) in [5.74, 6) is 1.44. The van der Waals surface area contributed by atoms with Crippen molar-refractivity contribution in [2.45, 2.75) is 44.2 Å². The smallest absolute Gasteiger partial charge is 0.264 e. The normalized spacial score (nSPS) is 15.9. The van der Waals surface area contributed by atoms with E-state index in [1.165, 1.54) is 17.7 Å². The molecule has 35 heavy (non-hydrogen) atoms. The van der Waals surface area contributed by atoms with Crippen LogP contribution in [-0.2, 0) is 50.3 Å². The summed E-state index contributed by atoms with van der Waals surface area (Å²) in [6.07, 6.45) is 1.57. The van der Waals surface area contributed by atoms with Crippen LogP contribution in [0.25, 0.3) is 0 Å². The molecule has 10 heteroatoms. The highest BCUT2D eigenvalue weighted by molar-refractivity contribution is 8.04. The molecule has 0 saturated heterocycles. The third-order valence-electron chi connectivity index (χ3n) is 6.12. The van der Waals surface area contributed by atoms with Crippen LogP contribution < -0.4 is 10.5 Å². The van der Waals surface area contributed by atoms with Crippen molar-refractivity contribution >= 4 is 33.6 Å². The van der Waals surface area contributed by atoms with Gasteiger partial charge in [0, 0.05) is 31.8 Å². The average molecular weight is 516 g/mol. The van der Waals surface area contributed by atoms with Crippen LogP contribution in [0.1, 0.15) is 35.6 Å². The molecule has 2 aliphatic rings. The molecule has 3 N–H and O–H groups in total. The van der Waals surface area contributed by atoms with E-state index >= 15 is 0 Å². The van der Waals surface area contributed by atoms with Gasteiger partial charge in [-0.3, -0.25) is 9.59 Å². The number of carbonyl (C=O) groups is 2. The van der Waals surface area contributed by atoms with Gasteiger partial charge in [0.2, 0.25) is 15.9 Å². The van der Waals surface area contributed by atoms with Gasteiger partial charge in [-0.1, -0.05) is 37.3 Å². The zero-order valence-electron chi connectivity index (χ0n) is 19.6. The third-order valence-corrected chi connectivity index (χ3v) is 8.11. The molecule has 0 radical (unpaired) electrons. The summed E-state index contributed by atoms with van der Waals surface area (Å²) in [4.78, 5) is 28.3. The Balaban J connectivity index is 1.38. The zero-order chi connectivity index (χ0) is 25.0. The van der Waals surface area contributed by atoms with Crippen LogP contribution in [0.15, 0.2) is 58.0 Å². The number of carbonyl (C=O) groups excluding carboxylic acids is 2. The van der Waals surface area contributed by atoms with Crippen LogP contribution in [0.4, 0.5) is 0 Å². The molecule has 4 rings (SSSR count). The summed E-state index contributed by atoms with van der Waals surface area (Å²) in [6.45, 7) is 4.19. The van der Waals surface area contributed by atoms with Crippen LogP contribution in [0.5, 0.6) is 0 Å². The van der Waals surface area contributed by atoms with Crippen molar-refractivity contribution in [3.63, 3.8) is 0 Å². The monoisotopic (exact) mass is 515 g/mol. The van der Waals surface area contributed by atoms with E-state index in [0.717, 1.165) is 34.0 Å². The number of sulfonamides is 1. The Hall–Kier alpha value is -2.82. The Labute approximate surface area is 210 Å². The lowest BCUT2D eigenvalue weighted by molar-refractivity contribution is -0.127. The molecular weight excluding hydrogens is 486 g/mol. The van der Waals surface area contributed by atoms with Gasteiger partial charge >= 0.3 is 0 Å². The first kappa shape index (κ1) is 25.3. The number of nitrogens with one attached hydrogen (secondary N) is 1. The van der Waals surface area contributed by atoms with Crippen LogP contribution >= 0.6 is 11.8 Å². The predicted molar refractivity (Wildman–Crippen MR) is 135 cm³/mol. The summed E-state index contributed by atoms with van der Waals surface area (Å²) in [6, 6.07) is 12.0. The van der Waals surface area contributed by atoms with Gasteiger partial charge in [0.15, 0.2) is 0 Å². The fourth-order valence-electron chi connectivity index (χ4n) is 4.31. The van der Waals surface area contributed by atoms with Crippen molar-refractivity contribution in [3.8, 4) is 0 Å². The number of allylic oxidation sites excluding steroid dienone is 1. The number of rotatable bonds is 7. The molecule has 8 nitrogen and oxygen atoms in total. The summed E-state index contributed by atoms with van der Waals surface area (Å²) in [5.41, 5.74) is 4.00. The molecule has 0 saturated carbocycles. The molecule has 0 unspecified atom stereocenters. The van der Waals surface area contributed by atoms with Crippen LogP contribution in [0.3, 0.4) is 0 Å². The second-order valence-electron chi connectivity index (χ2n) is 8.48. The van der Waals surface area contributed by atoms with Crippen molar-refractivity contribution < 1.29 is 22.7 Å². The first-order valence-electron chi connectivity index (χ1n) is 11.5. The maximum absolute atomic E-state index is 13.2. The number of ether oxygens (including phenoxy) is 1. The first-order chi connectivity index (χ1) is 16.8. The lowest BCUT2D eigenvalue weighted by atomic mass is 9.94. The van der Waals surface area contributed by atoms with Crippen molar-refractivity contribution in [3.05, 3.63) is 75.4 Å². The number of amides is 2. The van der Waals surface area contributed by atoms with Crippen LogP contribution in [0, 0.1) is 0 Å². The number of nitrogens with zero attached hydrogens (tertiary/aromatic N) is 1. The predicted octanol–water partition coefficient (Wildman–Crippen LogP) is 2.46. The van der Waals surface area contributed by atoms with E-state index in [1.807, 2.05) is 30.0 Å². The second-order valence-corrected chi connectivity index (χ2v) is 11.1. The van der Waals surface area contributed by atoms with Gasteiger partial charge in [-0.25, -0.2) is 13.6 Å². The standard InChI is InChI=1S/C25H29N3O5S2/c1-2-22-24(34-13-12-33-22)25(30)28-11-10-21-18(4-3-5-19(21)16-28)15-27-23(29)14-17-6-8-20(9-7-17)35(26,31)32/h3-9H,2,10-16H2,1H3,(H,27,29)(H2,26,31,32). The van der Waals surface area contributed by atoms with E-state index in [2.05, 4.69) is 5.32 Å².